The first-order chi connectivity index (χ1) is 9.12. The van der Waals surface area contributed by atoms with Crippen LogP contribution in [0, 0.1) is 0 Å². The first-order valence-electron chi connectivity index (χ1n) is 6.74. The normalized spacial score (nSPS) is 37.9. The van der Waals surface area contributed by atoms with Gasteiger partial charge in [0.1, 0.15) is 5.75 Å². The summed E-state index contributed by atoms with van der Waals surface area (Å²) in [5.41, 5.74) is -0.106. The Hall–Kier alpha value is -0.940. The summed E-state index contributed by atoms with van der Waals surface area (Å²) in [7, 11) is 0.818. The number of nitrogens with zero attached hydrogens (tertiary/aromatic N) is 1. The first-order valence-corrected chi connectivity index (χ1v) is 8.01. The summed E-state index contributed by atoms with van der Waals surface area (Å²) in [6.45, 7) is 0. The summed E-state index contributed by atoms with van der Waals surface area (Å²) in [4.78, 5) is 4.13. The molecule has 19 heavy (non-hydrogen) atoms. The summed E-state index contributed by atoms with van der Waals surface area (Å²) < 4.78 is 17.4. The van der Waals surface area contributed by atoms with E-state index in [-0.39, 0.29) is 10.5 Å². The lowest BCUT2D eigenvalue weighted by molar-refractivity contribution is 0.00605. The van der Waals surface area contributed by atoms with E-state index in [0.717, 1.165) is 24.8 Å². The lowest BCUT2D eigenvalue weighted by Crippen LogP contribution is -2.47. The highest BCUT2D eigenvalue weighted by atomic mass is 32.2. The maximum atomic E-state index is 12.2. The maximum Gasteiger partial charge on any atom is 0.137 e. The van der Waals surface area contributed by atoms with E-state index >= 15 is 0 Å². The van der Waals surface area contributed by atoms with Crippen LogP contribution in [0.2, 0.25) is 0 Å². The summed E-state index contributed by atoms with van der Waals surface area (Å²) in [6.07, 6.45) is 7.54. The molecule has 0 spiro atoms. The Morgan fingerprint density at radius 1 is 1.37 bits per heavy atom. The van der Waals surface area contributed by atoms with E-state index in [2.05, 4.69) is 4.98 Å². The van der Waals surface area contributed by atoms with Gasteiger partial charge in [0.2, 0.25) is 0 Å². The Morgan fingerprint density at radius 2 is 2.05 bits per heavy atom. The summed E-state index contributed by atoms with van der Waals surface area (Å²) >= 11 is 0. The van der Waals surface area contributed by atoms with Gasteiger partial charge in [0.05, 0.1) is 18.9 Å². The van der Waals surface area contributed by atoms with Crippen LogP contribution < -0.4 is 4.74 Å². The zero-order valence-corrected chi connectivity index (χ0v) is 11.9. The first kappa shape index (κ1) is 13.1. The number of pyridine rings is 1. The fraction of sp³-hybridized carbons (Fsp3) is 0.643. The van der Waals surface area contributed by atoms with Gasteiger partial charge in [0.15, 0.2) is 0 Å². The third kappa shape index (κ3) is 2.30. The SMILES string of the molecule is COc1cncc(C2(O)CC3CCCC(C2)S3=O)c1. The van der Waals surface area contributed by atoms with Gasteiger partial charge in [-0.15, -0.1) is 0 Å². The van der Waals surface area contributed by atoms with Crippen LogP contribution in [0.3, 0.4) is 0 Å². The highest BCUT2D eigenvalue weighted by Crippen LogP contribution is 2.44. The Morgan fingerprint density at radius 3 is 2.68 bits per heavy atom. The molecule has 2 fully saturated rings. The van der Waals surface area contributed by atoms with Gasteiger partial charge in [-0.05, 0) is 31.7 Å². The predicted octanol–water partition coefficient (Wildman–Crippen LogP) is 1.74. The van der Waals surface area contributed by atoms with E-state index in [0.29, 0.717) is 18.6 Å². The quantitative estimate of drug-likeness (QED) is 0.897. The Bertz CT molecular complexity index is 489. The second kappa shape index (κ2) is 4.87. The molecule has 4 nitrogen and oxygen atoms in total. The van der Waals surface area contributed by atoms with E-state index in [1.54, 1.807) is 19.5 Å². The van der Waals surface area contributed by atoms with Gasteiger partial charge in [-0.25, -0.2) is 0 Å². The van der Waals surface area contributed by atoms with Crippen molar-refractivity contribution >= 4 is 10.8 Å². The number of hydrogen-bond acceptors (Lipinski definition) is 4. The molecule has 2 aliphatic rings. The molecule has 3 rings (SSSR count). The minimum Gasteiger partial charge on any atom is -0.495 e. The molecule has 0 aromatic carbocycles. The van der Waals surface area contributed by atoms with Crippen LogP contribution in [0.4, 0.5) is 0 Å². The Kier molecular flexibility index (Phi) is 3.35. The third-order valence-corrected chi connectivity index (χ3v) is 6.45. The fourth-order valence-corrected chi connectivity index (χ4v) is 5.53. The molecule has 1 aromatic heterocycles. The molecule has 104 valence electrons. The van der Waals surface area contributed by atoms with Crippen LogP contribution >= 0.6 is 0 Å². The highest BCUT2D eigenvalue weighted by molar-refractivity contribution is 7.86. The summed E-state index contributed by atoms with van der Waals surface area (Å²) in [5, 5.41) is 11.2. The van der Waals surface area contributed by atoms with Crippen molar-refractivity contribution in [2.45, 2.75) is 48.2 Å². The number of rotatable bonds is 2. The van der Waals surface area contributed by atoms with E-state index in [1.165, 1.54) is 0 Å². The van der Waals surface area contributed by atoms with Crippen LogP contribution in [0.5, 0.6) is 5.75 Å². The van der Waals surface area contributed by atoms with Crippen LogP contribution in [-0.2, 0) is 16.4 Å². The molecule has 2 atom stereocenters. The van der Waals surface area contributed by atoms with E-state index in [4.69, 9.17) is 4.74 Å². The van der Waals surface area contributed by atoms with Gasteiger partial charge >= 0.3 is 0 Å². The average molecular weight is 281 g/mol. The van der Waals surface area contributed by atoms with Crippen LogP contribution in [0.1, 0.15) is 37.7 Å². The average Bonchev–Trinajstić information content (AvgIpc) is 2.41. The zero-order valence-electron chi connectivity index (χ0n) is 11.0. The second-order valence-corrected chi connectivity index (χ2v) is 7.55. The molecule has 0 aliphatic carbocycles. The molecule has 0 saturated carbocycles. The van der Waals surface area contributed by atoms with Crippen molar-refractivity contribution in [3.63, 3.8) is 0 Å². The summed E-state index contributed by atoms with van der Waals surface area (Å²) in [6, 6.07) is 1.84. The monoisotopic (exact) mass is 281 g/mol. The summed E-state index contributed by atoms with van der Waals surface area (Å²) in [5.74, 6) is 0.655. The molecule has 2 aliphatic heterocycles. The second-order valence-electron chi connectivity index (χ2n) is 5.56. The zero-order chi connectivity index (χ0) is 13.5. The van der Waals surface area contributed by atoms with Crippen molar-refractivity contribution in [2.24, 2.45) is 0 Å². The molecule has 2 unspecified atom stereocenters. The van der Waals surface area contributed by atoms with Crippen molar-refractivity contribution in [2.75, 3.05) is 7.11 Å². The number of aromatic nitrogens is 1. The van der Waals surface area contributed by atoms with Crippen molar-refractivity contribution in [3.05, 3.63) is 24.0 Å². The van der Waals surface area contributed by atoms with E-state index in [9.17, 15) is 9.32 Å². The van der Waals surface area contributed by atoms with Gasteiger partial charge in [0.25, 0.3) is 0 Å². The number of fused-ring (bicyclic) bond motifs is 2. The molecular weight excluding hydrogens is 262 g/mol. The molecular formula is C14H19NO3S. The fourth-order valence-electron chi connectivity index (χ4n) is 3.30. The van der Waals surface area contributed by atoms with Crippen molar-refractivity contribution in [1.82, 2.24) is 4.98 Å². The molecule has 2 saturated heterocycles. The van der Waals surface area contributed by atoms with Crippen molar-refractivity contribution in [3.8, 4) is 5.75 Å². The maximum absolute atomic E-state index is 12.2. The number of hydrogen-bond donors (Lipinski definition) is 1. The Labute approximate surface area is 115 Å². The topological polar surface area (TPSA) is 59.4 Å². The Balaban J connectivity index is 1.92. The lowest BCUT2D eigenvalue weighted by atomic mass is 9.81. The van der Waals surface area contributed by atoms with Gasteiger partial charge in [-0.3, -0.25) is 9.19 Å². The van der Waals surface area contributed by atoms with Crippen LogP contribution in [0.25, 0.3) is 0 Å². The van der Waals surface area contributed by atoms with Gasteiger partial charge in [0, 0.05) is 33.1 Å². The standard InChI is InChI=1S/C14H19NO3S/c1-18-11-5-10(8-15-9-11)14(16)6-12-3-2-4-13(7-14)19(12)17/h5,8-9,12-13,16H,2-4,6-7H2,1H3. The van der Waals surface area contributed by atoms with Gasteiger partial charge in [-0.2, -0.15) is 0 Å². The molecule has 0 radical (unpaired) electrons. The number of ether oxygens (including phenoxy) is 1. The van der Waals surface area contributed by atoms with E-state index < -0.39 is 16.4 Å². The molecule has 1 N–H and O–H groups in total. The molecule has 0 amide bonds. The van der Waals surface area contributed by atoms with Gasteiger partial charge < -0.3 is 9.84 Å². The molecule has 5 heteroatoms. The van der Waals surface area contributed by atoms with Crippen molar-refractivity contribution in [1.29, 1.82) is 0 Å². The number of methoxy groups -OCH3 is 1. The predicted molar refractivity (Wildman–Crippen MR) is 73.5 cm³/mol. The lowest BCUT2D eigenvalue weighted by Gasteiger charge is -2.43. The van der Waals surface area contributed by atoms with Crippen LogP contribution in [0.15, 0.2) is 18.5 Å². The molecule has 3 heterocycles. The largest absolute Gasteiger partial charge is 0.495 e. The minimum atomic E-state index is -0.898. The molecule has 1 aromatic rings. The van der Waals surface area contributed by atoms with Crippen LogP contribution in [-0.4, -0.2) is 31.9 Å². The van der Waals surface area contributed by atoms with Crippen molar-refractivity contribution < 1.29 is 14.1 Å². The van der Waals surface area contributed by atoms with E-state index in [1.807, 2.05) is 6.07 Å². The molecule has 2 bridgehead atoms. The third-order valence-electron chi connectivity index (χ3n) is 4.33. The minimum absolute atomic E-state index is 0.128. The smallest absolute Gasteiger partial charge is 0.137 e. The van der Waals surface area contributed by atoms with Gasteiger partial charge in [-0.1, -0.05) is 6.42 Å². The highest BCUT2D eigenvalue weighted by Gasteiger charge is 2.46. The number of aliphatic hydroxyl groups is 1.